The third-order valence-electron chi connectivity index (χ3n) is 3.87. The van der Waals surface area contributed by atoms with Gasteiger partial charge in [-0.05, 0) is 12.8 Å². The van der Waals surface area contributed by atoms with Crippen LogP contribution in [-0.4, -0.2) is 29.1 Å². The number of hydrogen-bond donors (Lipinski definition) is 1. The third-order valence-corrected chi connectivity index (χ3v) is 3.87. The van der Waals surface area contributed by atoms with Gasteiger partial charge in [-0.25, -0.2) is 4.98 Å². The molecule has 1 saturated carbocycles. The molecule has 0 unspecified atom stereocenters. The minimum atomic E-state index is 0.478. The summed E-state index contributed by atoms with van der Waals surface area (Å²) in [6.07, 6.45) is 10.5. The van der Waals surface area contributed by atoms with E-state index in [1.54, 1.807) is 0 Å². The summed E-state index contributed by atoms with van der Waals surface area (Å²) in [7, 11) is 2.14. The van der Waals surface area contributed by atoms with Gasteiger partial charge in [-0.1, -0.05) is 33.1 Å². The molecule has 2 rings (SSSR count). The molecule has 0 amide bonds. The Kier molecular flexibility index (Phi) is 5.14. The highest BCUT2D eigenvalue weighted by molar-refractivity contribution is 5.36. The normalized spacial score (nSPS) is 16.8. The second kappa shape index (κ2) is 6.85. The van der Waals surface area contributed by atoms with E-state index in [9.17, 15) is 0 Å². The second-order valence-electron chi connectivity index (χ2n) is 5.80. The fraction of sp³-hybridized carbons (Fsp3) is 0.733. The van der Waals surface area contributed by atoms with Crippen LogP contribution >= 0.6 is 0 Å². The zero-order valence-corrected chi connectivity index (χ0v) is 12.4. The molecule has 0 atom stereocenters. The molecule has 1 N–H and O–H groups in total. The molecule has 1 aliphatic carbocycles. The summed E-state index contributed by atoms with van der Waals surface area (Å²) >= 11 is 0. The van der Waals surface area contributed by atoms with Crippen LogP contribution in [-0.2, 0) is 6.54 Å². The van der Waals surface area contributed by atoms with Gasteiger partial charge in [0.15, 0.2) is 0 Å². The second-order valence-corrected chi connectivity index (χ2v) is 5.80. The molecule has 0 aliphatic heterocycles. The molecule has 106 valence electrons. The van der Waals surface area contributed by atoms with Gasteiger partial charge in [-0.3, -0.25) is 4.98 Å². The van der Waals surface area contributed by atoms with Gasteiger partial charge in [0.05, 0.1) is 18.1 Å². The van der Waals surface area contributed by atoms with Gasteiger partial charge in [-0.15, -0.1) is 0 Å². The number of hydrogen-bond acceptors (Lipinski definition) is 4. The molecular weight excluding hydrogens is 236 g/mol. The van der Waals surface area contributed by atoms with Crippen molar-refractivity contribution in [3.8, 4) is 0 Å². The van der Waals surface area contributed by atoms with Crippen LogP contribution in [0.25, 0.3) is 0 Å². The molecule has 4 nitrogen and oxygen atoms in total. The van der Waals surface area contributed by atoms with E-state index in [2.05, 4.69) is 41.1 Å². The number of anilines is 1. The van der Waals surface area contributed by atoms with Gasteiger partial charge in [-0.2, -0.15) is 0 Å². The van der Waals surface area contributed by atoms with Crippen LogP contribution in [0.1, 0.15) is 51.6 Å². The van der Waals surface area contributed by atoms with E-state index < -0.39 is 0 Å². The van der Waals surface area contributed by atoms with Crippen molar-refractivity contribution in [3.05, 3.63) is 18.1 Å². The van der Waals surface area contributed by atoms with Crippen LogP contribution in [0.5, 0.6) is 0 Å². The first kappa shape index (κ1) is 14.3. The zero-order valence-electron chi connectivity index (χ0n) is 12.4. The first-order valence-corrected chi connectivity index (χ1v) is 7.44. The molecule has 0 spiro atoms. The van der Waals surface area contributed by atoms with Gasteiger partial charge in [0.1, 0.15) is 5.82 Å². The van der Waals surface area contributed by atoms with Crippen molar-refractivity contribution in [1.29, 1.82) is 0 Å². The van der Waals surface area contributed by atoms with Crippen LogP contribution in [0.4, 0.5) is 5.82 Å². The van der Waals surface area contributed by atoms with Crippen LogP contribution in [0.3, 0.4) is 0 Å². The molecule has 0 bridgehead atoms. The number of nitrogens with zero attached hydrogens (tertiary/aromatic N) is 3. The van der Waals surface area contributed by atoms with E-state index >= 15 is 0 Å². The first-order chi connectivity index (χ1) is 9.16. The molecule has 1 heterocycles. The highest BCUT2D eigenvalue weighted by atomic mass is 15.2. The van der Waals surface area contributed by atoms with E-state index in [-0.39, 0.29) is 0 Å². The molecule has 0 saturated heterocycles. The number of aromatic nitrogens is 2. The van der Waals surface area contributed by atoms with Crippen LogP contribution in [0, 0.1) is 0 Å². The molecule has 4 heteroatoms. The maximum Gasteiger partial charge on any atom is 0.147 e. The van der Waals surface area contributed by atoms with Gasteiger partial charge < -0.3 is 10.2 Å². The molecule has 1 aliphatic rings. The smallest absolute Gasteiger partial charge is 0.147 e. The third kappa shape index (κ3) is 4.16. The summed E-state index contributed by atoms with van der Waals surface area (Å²) in [5.41, 5.74) is 1.01. The van der Waals surface area contributed by atoms with E-state index in [4.69, 9.17) is 0 Å². The lowest BCUT2D eigenvalue weighted by atomic mass is 9.94. The lowest BCUT2D eigenvalue weighted by molar-refractivity contribution is 0.425. The highest BCUT2D eigenvalue weighted by Crippen LogP contribution is 2.24. The van der Waals surface area contributed by atoms with Crippen molar-refractivity contribution < 1.29 is 0 Å². The van der Waals surface area contributed by atoms with Crippen molar-refractivity contribution in [3.63, 3.8) is 0 Å². The van der Waals surface area contributed by atoms with Crippen molar-refractivity contribution >= 4 is 5.82 Å². The van der Waals surface area contributed by atoms with Crippen LogP contribution < -0.4 is 10.2 Å². The molecule has 1 aromatic heterocycles. The minimum absolute atomic E-state index is 0.478. The Morgan fingerprint density at radius 2 is 1.95 bits per heavy atom. The average molecular weight is 262 g/mol. The van der Waals surface area contributed by atoms with Gasteiger partial charge in [0.25, 0.3) is 0 Å². The van der Waals surface area contributed by atoms with Crippen LogP contribution in [0.2, 0.25) is 0 Å². The monoisotopic (exact) mass is 262 g/mol. The maximum atomic E-state index is 4.56. The zero-order chi connectivity index (χ0) is 13.7. The molecule has 19 heavy (non-hydrogen) atoms. The summed E-state index contributed by atoms with van der Waals surface area (Å²) in [4.78, 5) is 11.4. The fourth-order valence-corrected chi connectivity index (χ4v) is 2.59. The van der Waals surface area contributed by atoms with E-state index in [0.717, 1.165) is 18.1 Å². The van der Waals surface area contributed by atoms with E-state index in [1.165, 1.54) is 32.1 Å². The molecule has 0 aromatic carbocycles. The summed E-state index contributed by atoms with van der Waals surface area (Å²) in [6.45, 7) is 5.06. The largest absolute Gasteiger partial charge is 0.355 e. The number of rotatable bonds is 5. The Hall–Kier alpha value is -1.16. The van der Waals surface area contributed by atoms with Gasteiger partial charge >= 0.3 is 0 Å². The van der Waals surface area contributed by atoms with Gasteiger partial charge in [0, 0.05) is 25.7 Å². The SMILES string of the molecule is CC(C)NCc1cnc(N(C)C2CCCCC2)cn1. The quantitative estimate of drug-likeness (QED) is 0.886. The summed E-state index contributed by atoms with van der Waals surface area (Å²) in [5.74, 6) is 1.00. The fourth-order valence-electron chi connectivity index (χ4n) is 2.59. The number of nitrogens with one attached hydrogen (secondary N) is 1. The minimum Gasteiger partial charge on any atom is -0.355 e. The lowest BCUT2D eigenvalue weighted by Gasteiger charge is -2.31. The Morgan fingerprint density at radius 3 is 2.53 bits per heavy atom. The Labute approximate surface area is 116 Å². The molecule has 1 aromatic rings. The van der Waals surface area contributed by atoms with Crippen molar-refractivity contribution in [2.45, 2.75) is 64.6 Å². The van der Waals surface area contributed by atoms with Crippen LogP contribution in [0.15, 0.2) is 12.4 Å². The van der Waals surface area contributed by atoms with Crippen molar-refractivity contribution in [2.24, 2.45) is 0 Å². The summed E-state index contributed by atoms with van der Waals surface area (Å²) in [6, 6.07) is 1.12. The van der Waals surface area contributed by atoms with Gasteiger partial charge in [0.2, 0.25) is 0 Å². The highest BCUT2D eigenvalue weighted by Gasteiger charge is 2.19. The predicted octanol–water partition coefficient (Wildman–Crippen LogP) is 2.74. The Balaban J connectivity index is 1.93. The molecule has 1 fully saturated rings. The van der Waals surface area contributed by atoms with Crippen molar-refractivity contribution in [2.75, 3.05) is 11.9 Å². The Bertz CT molecular complexity index is 368. The average Bonchev–Trinajstić information content (AvgIpc) is 2.46. The van der Waals surface area contributed by atoms with Crippen molar-refractivity contribution in [1.82, 2.24) is 15.3 Å². The standard InChI is InChI=1S/C15H26N4/c1-12(2)16-9-13-10-18-15(11-17-13)19(3)14-7-5-4-6-8-14/h10-12,14,16H,4-9H2,1-3H3. The first-order valence-electron chi connectivity index (χ1n) is 7.44. The summed E-state index contributed by atoms with van der Waals surface area (Å²) < 4.78 is 0. The molecular formula is C15H26N4. The topological polar surface area (TPSA) is 41.1 Å². The van der Waals surface area contributed by atoms with E-state index in [0.29, 0.717) is 12.1 Å². The predicted molar refractivity (Wildman–Crippen MR) is 79.3 cm³/mol. The lowest BCUT2D eigenvalue weighted by Crippen LogP contribution is -2.34. The van der Waals surface area contributed by atoms with E-state index in [1.807, 2.05) is 12.4 Å². The summed E-state index contributed by atoms with van der Waals surface area (Å²) in [5, 5.41) is 3.36. The maximum absolute atomic E-state index is 4.56. The molecule has 0 radical (unpaired) electrons. The Morgan fingerprint density at radius 1 is 1.21 bits per heavy atom.